The number of benzene rings is 1. The van der Waals surface area contributed by atoms with E-state index in [0.717, 1.165) is 37.5 Å². The Labute approximate surface area is 164 Å². The Kier molecular flexibility index (Phi) is 6.84. The number of hydrogen-bond donors (Lipinski definition) is 2. The van der Waals surface area contributed by atoms with Gasteiger partial charge in [-0.05, 0) is 68.6 Å². The molecular formula is C19H26ClN3O2S. The SMILES string of the molecule is Cc1c(Cl)cccc1NC(=O)C(=O)NCC1CCN([C@@H]2CCSC2)CC1. The molecule has 1 aromatic rings. The van der Waals surface area contributed by atoms with E-state index in [4.69, 9.17) is 11.6 Å². The highest BCUT2D eigenvalue weighted by atomic mass is 35.5. The fourth-order valence-electron chi connectivity index (χ4n) is 3.57. The second-order valence-electron chi connectivity index (χ2n) is 7.07. The number of likely N-dealkylation sites (tertiary alicyclic amines) is 1. The molecule has 0 radical (unpaired) electrons. The van der Waals surface area contributed by atoms with Crippen molar-refractivity contribution in [1.29, 1.82) is 0 Å². The van der Waals surface area contributed by atoms with Crippen LogP contribution in [0.5, 0.6) is 0 Å². The van der Waals surface area contributed by atoms with Gasteiger partial charge < -0.3 is 10.6 Å². The first-order chi connectivity index (χ1) is 12.5. The van der Waals surface area contributed by atoms with E-state index in [0.29, 0.717) is 23.2 Å². The molecule has 3 rings (SSSR count). The van der Waals surface area contributed by atoms with Crippen LogP contribution in [-0.2, 0) is 9.59 Å². The molecule has 0 bridgehead atoms. The number of halogens is 1. The average molecular weight is 396 g/mol. The summed E-state index contributed by atoms with van der Waals surface area (Å²) in [4.78, 5) is 26.8. The number of rotatable bonds is 4. The zero-order chi connectivity index (χ0) is 18.5. The summed E-state index contributed by atoms with van der Waals surface area (Å²) in [5.74, 6) is 1.76. The van der Waals surface area contributed by atoms with Crippen LogP contribution in [0.4, 0.5) is 5.69 Å². The minimum atomic E-state index is -0.643. The van der Waals surface area contributed by atoms with Crippen molar-refractivity contribution in [1.82, 2.24) is 10.2 Å². The van der Waals surface area contributed by atoms with E-state index in [2.05, 4.69) is 15.5 Å². The summed E-state index contributed by atoms with van der Waals surface area (Å²) in [5.41, 5.74) is 1.33. The molecule has 0 aliphatic carbocycles. The molecular weight excluding hydrogens is 370 g/mol. The van der Waals surface area contributed by atoms with Gasteiger partial charge in [-0.15, -0.1) is 0 Å². The van der Waals surface area contributed by atoms with Crippen LogP contribution < -0.4 is 10.6 Å². The Morgan fingerprint density at radius 3 is 2.69 bits per heavy atom. The molecule has 2 aliphatic rings. The van der Waals surface area contributed by atoms with Crippen molar-refractivity contribution in [2.45, 2.75) is 32.2 Å². The first-order valence-electron chi connectivity index (χ1n) is 9.20. The van der Waals surface area contributed by atoms with E-state index in [9.17, 15) is 9.59 Å². The molecule has 0 spiro atoms. The summed E-state index contributed by atoms with van der Waals surface area (Å²) in [7, 11) is 0. The molecule has 2 fully saturated rings. The molecule has 1 atom stereocenters. The molecule has 26 heavy (non-hydrogen) atoms. The molecule has 7 heteroatoms. The largest absolute Gasteiger partial charge is 0.348 e. The summed E-state index contributed by atoms with van der Waals surface area (Å²) in [6.45, 7) is 4.57. The predicted octanol–water partition coefficient (Wildman–Crippen LogP) is 2.92. The summed E-state index contributed by atoms with van der Waals surface area (Å²) >= 11 is 8.09. The number of anilines is 1. The Morgan fingerprint density at radius 1 is 1.23 bits per heavy atom. The number of carbonyl (C=O) groups is 2. The number of thioether (sulfide) groups is 1. The first kappa shape index (κ1) is 19.5. The van der Waals surface area contributed by atoms with Crippen molar-refractivity contribution in [3.8, 4) is 0 Å². The van der Waals surface area contributed by atoms with Crippen molar-refractivity contribution >= 4 is 40.9 Å². The minimum absolute atomic E-state index is 0.449. The average Bonchev–Trinajstić information content (AvgIpc) is 3.18. The van der Waals surface area contributed by atoms with Gasteiger partial charge in [-0.25, -0.2) is 0 Å². The fourth-order valence-corrected chi connectivity index (χ4v) is 5.00. The van der Waals surface area contributed by atoms with Gasteiger partial charge in [0.25, 0.3) is 0 Å². The van der Waals surface area contributed by atoms with Gasteiger partial charge in [-0.3, -0.25) is 14.5 Å². The van der Waals surface area contributed by atoms with Gasteiger partial charge in [-0.2, -0.15) is 11.8 Å². The van der Waals surface area contributed by atoms with Crippen LogP contribution in [0, 0.1) is 12.8 Å². The highest BCUT2D eigenvalue weighted by Crippen LogP contribution is 2.26. The standard InChI is InChI=1S/C19H26ClN3O2S/c1-13-16(20)3-2-4-17(13)22-19(25)18(24)21-11-14-5-8-23(9-6-14)15-7-10-26-12-15/h2-4,14-15H,5-12H2,1H3,(H,21,24)(H,22,25)/t15-/m1/s1. The summed E-state index contributed by atoms with van der Waals surface area (Å²) in [5, 5.41) is 5.99. The lowest BCUT2D eigenvalue weighted by Gasteiger charge is -2.35. The number of amides is 2. The van der Waals surface area contributed by atoms with Gasteiger partial charge in [0.05, 0.1) is 0 Å². The summed E-state index contributed by atoms with van der Waals surface area (Å²) in [6.07, 6.45) is 3.46. The molecule has 2 heterocycles. The topological polar surface area (TPSA) is 61.4 Å². The zero-order valence-electron chi connectivity index (χ0n) is 15.1. The molecule has 2 aliphatic heterocycles. The van der Waals surface area contributed by atoms with E-state index >= 15 is 0 Å². The predicted molar refractivity (Wildman–Crippen MR) is 108 cm³/mol. The molecule has 5 nitrogen and oxygen atoms in total. The molecule has 2 N–H and O–H groups in total. The van der Waals surface area contributed by atoms with Crippen molar-refractivity contribution in [3.63, 3.8) is 0 Å². The van der Waals surface area contributed by atoms with Crippen LogP contribution in [0.15, 0.2) is 18.2 Å². The van der Waals surface area contributed by atoms with Gasteiger partial charge in [-0.1, -0.05) is 17.7 Å². The van der Waals surface area contributed by atoms with Crippen molar-refractivity contribution in [2.75, 3.05) is 36.5 Å². The lowest BCUT2D eigenvalue weighted by Crippen LogP contribution is -2.45. The van der Waals surface area contributed by atoms with E-state index in [1.165, 1.54) is 17.9 Å². The third-order valence-electron chi connectivity index (χ3n) is 5.34. The third kappa shape index (κ3) is 4.93. The minimum Gasteiger partial charge on any atom is -0.348 e. The lowest BCUT2D eigenvalue weighted by molar-refractivity contribution is -0.136. The number of nitrogens with one attached hydrogen (secondary N) is 2. The fraction of sp³-hybridized carbons (Fsp3) is 0.579. The second kappa shape index (κ2) is 9.11. The van der Waals surface area contributed by atoms with E-state index in [1.807, 2.05) is 18.7 Å². The Morgan fingerprint density at radius 2 is 2.00 bits per heavy atom. The van der Waals surface area contributed by atoms with Crippen molar-refractivity contribution in [3.05, 3.63) is 28.8 Å². The molecule has 0 unspecified atom stereocenters. The molecule has 1 aromatic carbocycles. The van der Waals surface area contributed by atoms with E-state index < -0.39 is 11.8 Å². The van der Waals surface area contributed by atoms with E-state index in [-0.39, 0.29) is 0 Å². The van der Waals surface area contributed by atoms with Crippen LogP contribution >= 0.6 is 23.4 Å². The Bertz CT molecular complexity index is 656. The van der Waals surface area contributed by atoms with Crippen LogP contribution in [-0.4, -0.2) is 53.9 Å². The molecule has 0 aromatic heterocycles. The Balaban J connectivity index is 1.41. The monoisotopic (exact) mass is 395 g/mol. The first-order valence-corrected chi connectivity index (χ1v) is 10.7. The van der Waals surface area contributed by atoms with Gasteiger partial charge in [0.2, 0.25) is 0 Å². The van der Waals surface area contributed by atoms with Gasteiger partial charge in [0.1, 0.15) is 0 Å². The maximum absolute atomic E-state index is 12.1. The molecule has 0 saturated carbocycles. The van der Waals surface area contributed by atoms with Crippen LogP contribution in [0.3, 0.4) is 0 Å². The number of carbonyl (C=O) groups excluding carboxylic acids is 2. The maximum Gasteiger partial charge on any atom is 0.313 e. The maximum atomic E-state index is 12.1. The second-order valence-corrected chi connectivity index (χ2v) is 8.63. The summed E-state index contributed by atoms with van der Waals surface area (Å²) in [6, 6.07) is 5.98. The highest BCUT2D eigenvalue weighted by molar-refractivity contribution is 7.99. The van der Waals surface area contributed by atoms with Crippen molar-refractivity contribution < 1.29 is 9.59 Å². The molecule has 2 amide bonds. The van der Waals surface area contributed by atoms with Gasteiger partial charge in [0.15, 0.2) is 0 Å². The van der Waals surface area contributed by atoms with Gasteiger partial charge in [0, 0.05) is 29.0 Å². The van der Waals surface area contributed by atoms with Crippen LogP contribution in [0.2, 0.25) is 5.02 Å². The van der Waals surface area contributed by atoms with Crippen LogP contribution in [0.1, 0.15) is 24.8 Å². The number of nitrogens with zero attached hydrogens (tertiary/aromatic N) is 1. The number of hydrogen-bond acceptors (Lipinski definition) is 4. The number of piperidine rings is 1. The smallest absolute Gasteiger partial charge is 0.313 e. The molecule has 2 saturated heterocycles. The Hall–Kier alpha value is -1.24. The molecule has 142 valence electrons. The van der Waals surface area contributed by atoms with Gasteiger partial charge >= 0.3 is 11.8 Å². The quantitative estimate of drug-likeness (QED) is 0.769. The van der Waals surface area contributed by atoms with Crippen LogP contribution in [0.25, 0.3) is 0 Å². The summed E-state index contributed by atoms with van der Waals surface area (Å²) < 4.78 is 0. The van der Waals surface area contributed by atoms with Crippen molar-refractivity contribution in [2.24, 2.45) is 5.92 Å². The zero-order valence-corrected chi connectivity index (χ0v) is 16.7. The van der Waals surface area contributed by atoms with E-state index in [1.54, 1.807) is 18.2 Å². The normalized spacial score (nSPS) is 21.5. The lowest BCUT2D eigenvalue weighted by atomic mass is 9.95. The third-order valence-corrected chi connectivity index (χ3v) is 6.90. The highest BCUT2D eigenvalue weighted by Gasteiger charge is 2.27.